The molecule has 0 aliphatic carbocycles. The van der Waals surface area contributed by atoms with E-state index in [0.717, 1.165) is 0 Å². The minimum absolute atomic E-state index is 0.360. The lowest BCUT2D eigenvalue weighted by molar-refractivity contribution is 0.209. The molecule has 58 valence electrons. The largest absolute Gasteiger partial charge is 0.465 e. The Bertz CT molecular complexity index is 258. The zero-order valence-corrected chi connectivity index (χ0v) is 5.54. The average molecular weight is 155 g/mol. The molecule has 0 fully saturated rings. The van der Waals surface area contributed by atoms with E-state index in [4.69, 9.17) is 5.11 Å². The quantitative estimate of drug-likeness (QED) is 0.650. The molecule has 0 unspecified atom stereocenters. The number of amides is 1. The van der Waals surface area contributed by atoms with Crippen LogP contribution in [-0.2, 0) is 0 Å². The molecular formula is C7H6FNO2. The van der Waals surface area contributed by atoms with Crippen molar-refractivity contribution in [3.8, 4) is 0 Å². The molecule has 0 saturated heterocycles. The van der Waals surface area contributed by atoms with Crippen molar-refractivity contribution in [3.63, 3.8) is 0 Å². The lowest BCUT2D eigenvalue weighted by atomic mass is 10.3. The molecule has 0 saturated carbocycles. The Balaban J connectivity index is 2.74. The summed E-state index contributed by atoms with van der Waals surface area (Å²) in [7, 11) is 0. The molecule has 1 aromatic rings. The zero-order chi connectivity index (χ0) is 8.27. The number of anilines is 1. The van der Waals surface area contributed by atoms with Crippen LogP contribution in [0.4, 0.5) is 14.9 Å². The van der Waals surface area contributed by atoms with E-state index in [2.05, 4.69) is 5.32 Å². The molecule has 1 amide bonds. The van der Waals surface area contributed by atoms with Crippen molar-refractivity contribution in [2.24, 2.45) is 0 Å². The van der Waals surface area contributed by atoms with Gasteiger partial charge in [0.05, 0.1) is 0 Å². The fraction of sp³-hybridized carbons (Fsp3) is 0. The summed E-state index contributed by atoms with van der Waals surface area (Å²) in [5, 5.41) is 10.3. The van der Waals surface area contributed by atoms with E-state index in [1.807, 2.05) is 0 Å². The molecule has 11 heavy (non-hydrogen) atoms. The topological polar surface area (TPSA) is 49.3 Å². The summed E-state index contributed by atoms with van der Waals surface area (Å²) < 4.78 is 12.2. The minimum Gasteiger partial charge on any atom is -0.465 e. The third kappa shape index (κ3) is 2.25. The van der Waals surface area contributed by atoms with Crippen molar-refractivity contribution < 1.29 is 14.3 Å². The lowest BCUT2D eigenvalue weighted by Crippen LogP contribution is -2.06. The molecule has 4 heteroatoms. The first-order valence-corrected chi connectivity index (χ1v) is 2.94. The maximum absolute atomic E-state index is 12.2. The van der Waals surface area contributed by atoms with Gasteiger partial charge in [0.2, 0.25) is 0 Å². The van der Waals surface area contributed by atoms with Crippen molar-refractivity contribution in [2.45, 2.75) is 0 Å². The maximum atomic E-state index is 12.2. The first-order chi connectivity index (χ1) is 5.18. The van der Waals surface area contributed by atoms with Crippen LogP contribution in [0.15, 0.2) is 24.3 Å². The van der Waals surface area contributed by atoms with Crippen LogP contribution >= 0.6 is 0 Å². The highest BCUT2D eigenvalue weighted by molar-refractivity contribution is 5.82. The molecule has 1 aromatic carbocycles. The third-order valence-electron chi connectivity index (χ3n) is 1.10. The molecule has 0 spiro atoms. The van der Waals surface area contributed by atoms with E-state index >= 15 is 0 Å². The van der Waals surface area contributed by atoms with Crippen LogP contribution in [0, 0.1) is 5.82 Å². The van der Waals surface area contributed by atoms with Crippen LogP contribution in [0.25, 0.3) is 0 Å². The first kappa shape index (κ1) is 7.53. The molecular weight excluding hydrogens is 149 g/mol. The van der Waals surface area contributed by atoms with Crippen LogP contribution in [-0.4, -0.2) is 11.2 Å². The summed E-state index contributed by atoms with van der Waals surface area (Å²) in [5.74, 6) is -0.388. The molecule has 1 rings (SSSR count). The fourth-order valence-electron chi connectivity index (χ4n) is 0.657. The van der Waals surface area contributed by atoms with Crippen molar-refractivity contribution in [2.75, 3.05) is 5.32 Å². The SMILES string of the molecule is O=C(O)Nc1ccc(F)cc1. The van der Waals surface area contributed by atoms with Crippen LogP contribution in [0.3, 0.4) is 0 Å². The summed E-state index contributed by atoms with van der Waals surface area (Å²) in [4.78, 5) is 10.0. The molecule has 3 nitrogen and oxygen atoms in total. The summed E-state index contributed by atoms with van der Waals surface area (Å²) in [6.07, 6.45) is -1.16. The van der Waals surface area contributed by atoms with Crippen molar-refractivity contribution >= 4 is 11.8 Å². The Morgan fingerprint density at radius 1 is 1.36 bits per heavy atom. The van der Waals surface area contributed by atoms with Gasteiger partial charge in [-0.15, -0.1) is 0 Å². The average Bonchev–Trinajstić information content (AvgIpc) is 1.93. The molecule has 2 N–H and O–H groups in total. The highest BCUT2D eigenvalue weighted by Crippen LogP contribution is 2.07. The first-order valence-electron chi connectivity index (χ1n) is 2.94. The van der Waals surface area contributed by atoms with E-state index in [1.165, 1.54) is 24.3 Å². The zero-order valence-electron chi connectivity index (χ0n) is 5.54. The minimum atomic E-state index is -1.16. The van der Waals surface area contributed by atoms with Gasteiger partial charge < -0.3 is 5.11 Å². The second-order valence-corrected chi connectivity index (χ2v) is 1.94. The molecule has 0 atom stereocenters. The van der Waals surface area contributed by atoms with Gasteiger partial charge in [0.1, 0.15) is 5.82 Å². The Morgan fingerprint density at radius 3 is 2.36 bits per heavy atom. The van der Waals surface area contributed by atoms with Gasteiger partial charge in [0.15, 0.2) is 0 Å². The van der Waals surface area contributed by atoms with Crippen molar-refractivity contribution in [3.05, 3.63) is 30.1 Å². The summed E-state index contributed by atoms with van der Waals surface area (Å²) in [5.41, 5.74) is 0.360. The number of rotatable bonds is 1. The molecule has 0 heterocycles. The Labute approximate surface area is 62.5 Å². The summed E-state index contributed by atoms with van der Waals surface area (Å²) in [6.45, 7) is 0. The highest BCUT2D eigenvalue weighted by atomic mass is 19.1. The molecule has 0 aliphatic heterocycles. The molecule has 0 bridgehead atoms. The lowest BCUT2D eigenvalue weighted by Gasteiger charge is -1.97. The number of halogens is 1. The Morgan fingerprint density at radius 2 is 1.91 bits per heavy atom. The van der Waals surface area contributed by atoms with Crippen molar-refractivity contribution in [1.82, 2.24) is 0 Å². The molecule has 0 radical (unpaired) electrons. The van der Waals surface area contributed by atoms with E-state index in [-0.39, 0.29) is 5.82 Å². The van der Waals surface area contributed by atoms with Gasteiger partial charge in [0, 0.05) is 5.69 Å². The van der Waals surface area contributed by atoms with E-state index < -0.39 is 6.09 Å². The predicted octanol–water partition coefficient (Wildman–Crippen LogP) is 1.92. The number of nitrogens with one attached hydrogen (secondary N) is 1. The number of hydrogen-bond donors (Lipinski definition) is 2. The monoisotopic (exact) mass is 155 g/mol. The number of carbonyl (C=O) groups is 1. The van der Waals surface area contributed by atoms with Crippen LogP contribution in [0.5, 0.6) is 0 Å². The number of benzene rings is 1. The maximum Gasteiger partial charge on any atom is 0.409 e. The van der Waals surface area contributed by atoms with Gasteiger partial charge in [-0.2, -0.15) is 0 Å². The standard InChI is InChI=1S/C7H6FNO2/c8-5-1-3-6(4-2-5)9-7(10)11/h1-4,9H,(H,10,11). The Kier molecular flexibility index (Phi) is 2.06. The predicted molar refractivity (Wildman–Crippen MR) is 38.0 cm³/mol. The van der Waals surface area contributed by atoms with E-state index in [1.54, 1.807) is 0 Å². The summed E-state index contributed by atoms with van der Waals surface area (Å²) >= 11 is 0. The second kappa shape index (κ2) is 3.01. The summed E-state index contributed by atoms with van der Waals surface area (Å²) in [6, 6.07) is 5.07. The van der Waals surface area contributed by atoms with Gasteiger partial charge in [-0.05, 0) is 24.3 Å². The van der Waals surface area contributed by atoms with E-state index in [9.17, 15) is 9.18 Å². The van der Waals surface area contributed by atoms with Crippen molar-refractivity contribution in [1.29, 1.82) is 0 Å². The highest BCUT2D eigenvalue weighted by Gasteiger charge is 1.96. The van der Waals surface area contributed by atoms with Gasteiger partial charge in [0.25, 0.3) is 0 Å². The fourth-order valence-corrected chi connectivity index (χ4v) is 0.657. The van der Waals surface area contributed by atoms with Gasteiger partial charge in [-0.1, -0.05) is 0 Å². The van der Waals surface area contributed by atoms with Crippen LogP contribution in [0.1, 0.15) is 0 Å². The molecule has 0 aromatic heterocycles. The number of carboxylic acid groups (broad SMARTS) is 1. The van der Waals surface area contributed by atoms with E-state index in [0.29, 0.717) is 5.69 Å². The third-order valence-corrected chi connectivity index (χ3v) is 1.10. The second-order valence-electron chi connectivity index (χ2n) is 1.94. The van der Waals surface area contributed by atoms with Crippen LogP contribution in [0.2, 0.25) is 0 Å². The van der Waals surface area contributed by atoms with Gasteiger partial charge >= 0.3 is 6.09 Å². The van der Waals surface area contributed by atoms with Gasteiger partial charge in [-0.25, -0.2) is 9.18 Å². The smallest absolute Gasteiger partial charge is 0.409 e. The van der Waals surface area contributed by atoms with Gasteiger partial charge in [-0.3, -0.25) is 5.32 Å². The Hall–Kier alpha value is -1.58. The molecule has 0 aliphatic rings. The van der Waals surface area contributed by atoms with Crippen LogP contribution < -0.4 is 5.32 Å². The normalized spacial score (nSPS) is 9.18. The number of hydrogen-bond acceptors (Lipinski definition) is 1.